The number of halogens is 2. The fourth-order valence-corrected chi connectivity index (χ4v) is 3.04. The highest BCUT2D eigenvalue weighted by molar-refractivity contribution is 6.03. The van der Waals surface area contributed by atoms with Crippen LogP contribution in [0.4, 0.5) is 14.5 Å². The second kappa shape index (κ2) is 4.66. The lowest BCUT2D eigenvalue weighted by Crippen LogP contribution is -2.14. The van der Waals surface area contributed by atoms with Gasteiger partial charge in [0.1, 0.15) is 11.6 Å². The van der Waals surface area contributed by atoms with E-state index in [4.69, 9.17) is 0 Å². The molecule has 2 N–H and O–H groups in total. The molecule has 2 heterocycles. The quantitative estimate of drug-likeness (QED) is 0.744. The molecule has 0 radical (unpaired) electrons. The number of hydrogen-bond acceptors (Lipinski definition) is 1. The van der Waals surface area contributed by atoms with E-state index in [1.807, 2.05) is 0 Å². The van der Waals surface area contributed by atoms with Gasteiger partial charge in [0, 0.05) is 22.8 Å². The van der Waals surface area contributed by atoms with Crippen LogP contribution in [0.5, 0.6) is 0 Å². The number of fused-ring (bicyclic) bond motifs is 2. The van der Waals surface area contributed by atoms with E-state index in [1.54, 1.807) is 18.3 Å². The molecule has 0 saturated heterocycles. The minimum absolute atomic E-state index is 0.161. The van der Waals surface area contributed by atoms with Gasteiger partial charge < -0.3 is 10.3 Å². The van der Waals surface area contributed by atoms with E-state index in [0.29, 0.717) is 17.7 Å². The van der Waals surface area contributed by atoms with Crippen LogP contribution in [0.15, 0.2) is 42.6 Å². The molecule has 3 nitrogen and oxygen atoms in total. The zero-order valence-corrected chi connectivity index (χ0v) is 11.5. The predicted molar refractivity (Wildman–Crippen MR) is 79.7 cm³/mol. The Morgan fingerprint density at radius 2 is 1.82 bits per heavy atom. The summed E-state index contributed by atoms with van der Waals surface area (Å²) in [7, 11) is 0. The SMILES string of the molecule is O=C1Nc2ccc(F)cc2C1Cc1c[nH]c2ccc(F)cc12. The highest BCUT2D eigenvalue weighted by Crippen LogP contribution is 2.36. The molecular formula is C17H12F2N2O. The third-order valence-corrected chi connectivity index (χ3v) is 4.12. The fraction of sp³-hybridized carbons (Fsp3) is 0.118. The number of benzene rings is 2. The molecule has 110 valence electrons. The van der Waals surface area contributed by atoms with Gasteiger partial charge in [-0.15, -0.1) is 0 Å². The van der Waals surface area contributed by atoms with Crippen LogP contribution in [0.1, 0.15) is 17.0 Å². The van der Waals surface area contributed by atoms with Crippen molar-refractivity contribution in [1.82, 2.24) is 4.98 Å². The molecule has 1 unspecified atom stereocenters. The lowest BCUT2D eigenvalue weighted by atomic mass is 9.93. The van der Waals surface area contributed by atoms with Crippen molar-refractivity contribution in [3.8, 4) is 0 Å². The van der Waals surface area contributed by atoms with Crippen molar-refractivity contribution in [1.29, 1.82) is 0 Å². The summed E-state index contributed by atoms with van der Waals surface area (Å²) in [4.78, 5) is 15.2. The van der Waals surface area contributed by atoms with Gasteiger partial charge in [0.05, 0.1) is 5.92 Å². The molecule has 1 amide bonds. The van der Waals surface area contributed by atoms with Gasteiger partial charge in [-0.3, -0.25) is 4.79 Å². The van der Waals surface area contributed by atoms with Crippen LogP contribution in [-0.4, -0.2) is 10.9 Å². The molecule has 1 atom stereocenters. The average molecular weight is 298 g/mol. The lowest BCUT2D eigenvalue weighted by molar-refractivity contribution is -0.117. The number of anilines is 1. The summed E-state index contributed by atoms with van der Waals surface area (Å²) in [6, 6.07) is 8.76. The van der Waals surface area contributed by atoms with E-state index >= 15 is 0 Å². The highest BCUT2D eigenvalue weighted by Gasteiger charge is 2.31. The molecule has 0 fully saturated rings. The minimum Gasteiger partial charge on any atom is -0.361 e. The molecule has 1 aliphatic heterocycles. The number of aromatic amines is 1. The van der Waals surface area contributed by atoms with E-state index in [1.165, 1.54) is 24.3 Å². The minimum atomic E-state index is -0.465. The largest absolute Gasteiger partial charge is 0.361 e. The van der Waals surface area contributed by atoms with Crippen LogP contribution >= 0.6 is 0 Å². The van der Waals surface area contributed by atoms with E-state index in [0.717, 1.165) is 16.5 Å². The number of amides is 1. The molecule has 0 saturated carbocycles. The maximum Gasteiger partial charge on any atom is 0.232 e. The third-order valence-electron chi connectivity index (χ3n) is 4.12. The first-order valence-electron chi connectivity index (χ1n) is 6.97. The first kappa shape index (κ1) is 13.0. The number of hydrogen-bond donors (Lipinski definition) is 2. The Kier molecular flexibility index (Phi) is 2.76. The van der Waals surface area contributed by atoms with Crippen molar-refractivity contribution in [3.05, 3.63) is 65.4 Å². The molecule has 3 aromatic rings. The standard InChI is InChI=1S/C17H12F2N2O/c18-10-1-3-15-12(6-10)9(8-20-15)5-14-13-7-11(19)2-4-16(13)21-17(14)22/h1-4,6-8,14,20H,5H2,(H,21,22). The molecule has 1 aromatic heterocycles. The number of H-pyrrole nitrogens is 1. The van der Waals surface area contributed by atoms with E-state index in [2.05, 4.69) is 10.3 Å². The van der Waals surface area contributed by atoms with Crippen LogP contribution in [0.25, 0.3) is 10.9 Å². The zero-order valence-electron chi connectivity index (χ0n) is 11.5. The molecule has 1 aliphatic rings. The predicted octanol–water partition coefficient (Wildman–Crippen LogP) is 3.72. The number of aromatic nitrogens is 1. The van der Waals surface area contributed by atoms with E-state index < -0.39 is 5.92 Å². The van der Waals surface area contributed by atoms with Gasteiger partial charge in [0.15, 0.2) is 0 Å². The van der Waals surface area contributed by atoms with Crippen molar-refractivity contribution in [3.63, 3.8) is 0 Å². The van der Waals surface area contributed by atoms with Crippen LogP contribution < -0.4 is 5.32 Å². The lowest BCUT2D eigenvalue weighted by Gasteiger charge is -2.08. The van der Waals surface area contributed by atoms with E-state index in [-0.39, 0.29) is 17.5 Å². The van der Waals surface area contributed by atoms with Gasteiger partial charge in [-0.2, -0.15) is 0 Å². The molecule has 0 aliphatic carbocycles. The Balaban J connectivity index is 1.75. The van der Waals surface area contributed by atoms with Crippen molar-refractivity contribution >= 4 is 22.5 Å². The van der Waals surface area contributed by atoms with Crippen molar-refractivity contribution in [2.45, 2.75) is 12.3 Å². The number of nitrogens with one attached hydrogen (secondary N) is 2. The van der Waals surface area contributed by atoms with Gasteiger partial charge in [-0.25, -0.2) is 8.78 Å². The summed E-state index contributed by atoms with van der Waals surface area (Å²) in [6.45, 7) is 0. The summed E-state index contributed by atoms with van der Waals surface area (Å²) in [5, 5.41) is 3.50. The van der Waals surface area contributed by atoms with Gasteiger partial charge in [-0.05, 0) is 53.9 Å². The number of carbonyl (C=O) groups is 1. The second-order valence-corrected chi connectivity index (χ2v) is 5.48. The first-order chi connectivity index (χ1) is 10.6. The molecular weight excluding hydrogens is 286 g/mol. The summed E-state index contributed by atoms with van der Waals surface area (Å²) >= 11 is 0. The van der Waals surface area contributed by atoms with Crippen molar-refractivity contribution in [2.75, 3.05) is 5.32 Å². The highest BCUT2D eigenvalue weighted by atomic mass is 19.1. The van der Waals surface area contributed by atoms with Crippen molar-refractivity contribution < 1.29 is 13.6 Å². The molecule has 0 spiro atoms. The summed E-state index contributed by atoms with van der Waals surface area (Å²) < 4.78 is 26.9. The molecule has 2 aromatic carbocycles. The van der Waals surface area contributed by atoms with E-state index in [9.17, 15) is 13.6 Å². The van der Waals surface area contributed by atoms with Crippen LogP contribution in [0.2, 0.25) is 0 Å². The Labute approximate surface area is 125 Å². The summed E-state index contributed by atoms with van der Waals surface area (Å²) in [5.41, 5.74) is 2.94. The first-order valence-corrected chi connectivity index (χ1v) is 6.97. The van der Waals surface area contributed by atoms with Gasteiger partial charge in [0.2, 0.25) is 5.91 Å². The van der Waals surface area contributed by atoms with Gasteiger partial charge in [0.25, 0.3) is 0 Å². The topological polar surface area (TPSA) is 44.9 Å². The molecule has 22 heavy (non-hydrogen) atoms. The smallest absolute Gasteiger partial charge is 0.232 e. The number of carbonyl (C=O) groups excluding carboxylic acids is 1. The molecule has 4 rings (SSSR count). The average Bonchev–Trinajstić information content (AvgIpc) is 3.02. The summed E-state index contributed by atoms with van der Waals surface area (Å²) in [6.07, 6.45) is 2.17. The summed E-state index contributed by atoms with van der Waals surface area (Å²) in [5.74, 6) is -1.32. The van der Waals surface area contributed by atoms with Crippen molar-refractivity contribution in [2.24, 2.45) is 0 Å². The maximum absolute atomic E-state index is 13.5. The Morgan fingerprint density at radius 3 is 2.68 bits per heavy atom. The molecule has 5 heteroatoms. The fourth-order valence-electron chi connectivity index (χ4n) is 3.04. The van der Waals surface area contributed by atoms with Crippen LogP contribution in [-0.2, 0) is 11.2 Å². The number of rotatable bonds is 2. The Bertz CT molecular complexity index is 901. The molecule has 0 bridgehead atoms. The zero-order chi connectivity index (χ0) is 15.3. The third kappa shape index (κ3) is 1.97. The normalized spacial score (nSPS) is 16.8. The van der Waals surface area contributed by atoms with Crippen LogP contribution in [0, 0.1) is 11.6 Å². The second-order valence-electron chi connectivity index (χ2n) is 5.48. The van der Waals surface area contributed by atoms with Crippen LogP contribution in [0.3, 0.4) is 0 Å². The van der Waals surface area contributed by atoms with Gasteiger partial charge in [-0.1, -0.05) is 0 Å². The Morgan fingerprint density at radius 1 is 1.05 bits per heavy atom. The monoisotopic (exact) mass is 298 g/mol. The maximum atomic E-state index is 13.5. The van der Waals surface area contributed by atoms with Gasteiger partial charge >= 0.3 is 0 Å². The Hall–Kier alpha value is -2.69.